The highest BCUT2D eigenvalue weighted by atomic mass is 16.5. The number of carbonyl (C=O) groups excluding carboxylic acids is 1. The summed E-state index contributed by atoms with van der Waals surface area (Å²) < 4.78 is 5.21. The minimum atomic E-state index is -1.13. The van der Waals surface area contributed by atoms with E-state index in [1.165, 1.54) is 18.7 Å². The van der Waals surface area contributed by atoms with Crippen LogP contribution in [-0.2, 0) is 14.3 Å². The van der Waals surface area contributed by atoms with Crippen molar-refractivity contribution >= 4 is 11.9 Å². The van der Waals surface area contributed by atoms with Crippen molar-refractivity contribution in [2.45, 2.75) is 38.0 Å². The Balaban J connectivity index is 2.19. The molecule has 3 aliphatic heterocycles. The molecule has 0 aromatic heterocycles. The van der Waals surface area contributed by atoms with Gasteiger partial charge in [-0.15, -0.1) is 0 Å². The molecule has 0 radical (unpaired) electrons. The number of hydrogen-bond donors (Lipinski definition) is 1. The lowest BCUT2D eigenvalue weighted by Crippen LogP contribution is -2.67. The maximum absolute atomic E-state index is 11.7. The Hall–Kier alpha value is -1.10. The molecule has 0 aromatic carbocycles. The third kappa shape index (κ3) is 1.12. The maximum Gasteiger partial charge on any atom is 0.329 e. The summed E-state index contributed by atoms with van der Waals surface area (Å²) >= 11 is 0. The number of amides is 1. The molecule has 3 aliphatic rings. The van der Waals surface area contributed by atoms with Crippen LogP contribution in [0.3, 0.4) is 0 Å². The molecule has 3 rings (SSSR count). The average molecular weight is 199 g/mol. The molecule has 5 nitrogen and oxygen atoms in total. The van der Waals surface area contributed by atoms with Crippen molar-refractivity contribution in [3.8, 4) is 0 Å². The normalized spacial score (nSPS) is 31.3. The molecule has 0 aliphatic carbocycles. The summed E-state index contributed by atoms with van der Waals surface area (Å²) in [5.41, 5.74) is -1.13. The first-order chi connectivity index (χ1) is 6.43. The van der Waals surface area contributed by atoms with Gasteiger partial charge in [0.05, 0.1) is 6.10 Å². The van der Waals surface area contributed by atoms with Gasteiger partial charge in [0.2, 0.25) is 0 Å². The van der Waals surface area contributed by atoms with E-state index in [2.05, 4.69) is 0 Å². The summed E-state index contributed by atoms with van der Waals surface area (Å²) in [4.78, 5) is 24.0. The number of fused-ring (bicyclic) bond motifs is 2. The van der Waals surface area contributed by atoms with Gasteiger partial charge in [0.1, 0.15) is 11.6 Å². The lowest BCUT2D eigenvalue weighted by molar-refractivity contribution is -0.209. The van der Waals surface area contributed by atoms with E-state index in [1.54, 1.807) is 0 Å². The predicted molar refractivity (Wildman–Crippen MR) is 46.7 cm³/mol. The summed E-state index contributed by atoms with van der Waals surface area (Å²) in [6.07, 6.45) is 0.383. The van der Waals surface area contributed by atoms with Gasteiger partial charge in [-0.05, 0) is 13.8 Å². The van der Waals surface area contributed by atoms with Crippen molar-refractivity contribution < 1.29 is 19.4 Å². The van der Waals surface area contributed by atoms with Crippen LogP contribution in [0.2, 0.25) is 0 Å². The second-order valence-electron chi connectivity index (χ2n) is 4.30. The molecule has 5 heteroatoms. The van der Waals surface area contributed by atoms with Crippen molar-refractivity contribution in [2.24, 2.45) is 0 Å². The van der Waals surface area contributed by atoms with Gasteiger partial charge in [0.25, 0.3) is 5.91 Å². The first kappa shape index (κ1) is 9.45. The lowest BCUT2D eigenvalue weighted by atomic mass is 9.92. The Bertz CT molecular complexity index is 293. The van der Waals surface area contributed by atoms with E-state index in [0.717, 1.165) is 6.42 Å². The highest BCUT2D eigenvalue weighted by Gasteiger charge is 2.51. The molecule has 3 saturated heterocycles. The van der Waals surface area contributed by atoms with Crippen LogP contribution in [0.1, 0.15) is 20.3 Å². The Labute approximate surface area is 81.6 Å². The molecule has 0 aromatic rings. The predicted octanol–water partition coefficient (Wildman–Crippen LogP) is -0.151. The van der Waals surface area contributed by atoms with Crippen LogP contribution >= 0.6 is 0 Å². The Morgan fingerprint density at radius 3 is 2.64 bits per heavy atom. The fourth-order valence-electron chi connectivity index (χ4n) is 1.82. The minimum Gasteiger partial charge on any atom is -0.480 e. The third-order valence-electron chi connectivity index (χ3n) is 2.96. The zero-order valence-electron chi connectivity index (χ0n) is 8.19. The number of aliphatic carboxylic acids is 1. The van der Waals surface area contributed by atoms with Crippen LogP contribution in [-0.4, -0.2) is 46.2 Å². The number of piperidine rings is 1. The van der Waals surface area contributed by atoms with Gasteiger partial charge < -0.3 is 14.7 Å². The Morgan fingerprint density at radius 1 is 1.64 bits per heavy atom. The molecule has 0 saturated carbocycles. The highest BCUT2D eigenvalue weighted by molar-refractivity contribution is 5.90. The van der Waals surface area contributed by atoms with E-state index in [4.69, 9.17) is 9.84 Å². The van der Waals surface area contributed by atoms with E-state index in [0.29, 0.717) is 6.54 Å². The van der Waals surface area contributed by atoms with Crippen LogP contribution < -0.4 is 0 Å². The quantitative estimate of drug-likeness (QED) is 0.671. The Morgan fingerprint density at radius 2 is 2.21 bits per heavy atom. The Kier molecular flexibility index (Phi) is 1.82. The monoisotopic (exact) mass is 199 g/mol. The van der Waals surface area contributed by atoms with Gasteiger partial charge in [-0.1, -0.05) is 0 Å². The molecule has 3 heterocycles. The fourth-order valence-corrected chi connectivity index (χ4v) is 1.82. The smallest absolute Gasteiger partial charge is 0.329 e. The number of nitrogens with zero attached hydrogens (tertiary/aromatic N) is 1. The van der Waals surface area contributed by atoms with E-state index in [-0.39, 0.29) is 12.0 Å². The second-order valence-corrected chi connectivity index (χ2v) is 4.30. The second kappa shape index (κ2) is 2.70. The fraction of sp³-hybridized carbons (Fsp3) is 0.778. The molecule has 2 unspecified atom stereocenters. The standard InChI is InChI=1S/C9H13NO4/c1-9(2,8(12)13)10-4-5-3-6(14-5)7(10)11/h5-6H,3-4H2,1-2H3,(H,12,13). The lowest BCUT2D eigenvalue weighted by Gasteiger charge is -2.50. The largest absolute Gasteiger partial charge is 0.480 e. The molecule has 3 fully saturated rings. The molecular formula is C9H13NO4. The number of carboxylic acids is 1. The van der Waals surface area contributed by atoms with Gasteiger partial charge in [0.15, 0.2) is 0 Å². The zero-order valence-corrected chi connectivity index (χ0v) is 8.19. The van der Waals surface area contributed by atoms with Crippen molar-refractivity contribution in [2.75, 3.05) is 6.54 Å². The molecule has 2 atom stereocenters. The van der Waals surface area contributed by atoms with E-state index in [9.17, 15) is 9.59 Å². The van der Waals surface area contributed by atoms with Crippen LogP contribution in [0.15, 0.2) is 0 Å². The van der Waals surface area contributed by atoms with Crippen molar-refractivity contribution in [1.29, 1.82) is 0 Å². The highest BCUT2D eigenvalue weighted by Crippen LogP contribution is 2.33. The number of ether oxygens (including phenoxy) is 1. The van der Waals surface area contributed by atoms with Gasteiger partial charge in [-0.25, -0.2) is 4.79 Å². The van der Waals surface area contributed by atoms with E-state index >= 15 is 0 Å². The zero-order chi connectivity index (χ0) is 10.5. The summed E-state index contributed by atoms with van der Waals surface area (Å²) in [6.45, 7) is 3.48. The number of rotatable bonds is 2. The van der Waals surface area contributed by atoms with Crippen LogP contribution in [0.4, 0.5) is 0 Å². The number of hydrogen-bond acceptors (Lipinski definition) is 3. The topological polar surface area (TPSA) is 66.8 Å². The van der Waals surface area contributed by atoms with Gasteiger partial charge in [-0.2, -0.15) is 0 Å². The summed E-state index contributed by atoms with van der Waals surface area (Å²) in [5, 5.41) is 8.98. The van der Waals surface area contributed by atoms with E-state index in [1.807, 2.05) is 0 Å². The average Bonchev–Trinajstić information content (AvgIpc) is 2.01. The van der Waals surface area contributed by atoms with Crippen molar-refractivity contribution in [3.63, 3.8) is 0 Å². The first-order valence-corrected chi connectivity index (χ1v) is 4.63. The molecule has 14 heavy (non-hydrogen) atoms. The number of morpholine rings is 1. The minimum absolute atomic E-state index is 0.0383. The van der Waals surface area contributed by atoms with E-state index < -0.39 is 17.6 Å². The molecule has 1 N–H and O–H groups in total. The maximum atomic E-state index is 11.7. The number of carboxylic acid groups (broad SMARTS) is 1. The summed E-state index contributed by atoms with van der Waals surface area (Å²) in [5.74, 6) is -1.17. The van der Waals surface area contributed by atoms with Crippen molar-refractivity contribution in [3.05, 3.63) is 0 Å². The first-order valence-electron chi connectivity index (χ1n) is 4.63. The third-order valence-corrected chi connectivity index (χ3v) is 2.96. The van der Waals surface area contributed by atoms with Crippen LogP contribution in [0, 0.1) is 0 Å². The van der Waals surface area contributed by atoms with Gasteiger partial charge in [-0.3, -0.25) is 4.79 Å². The van der Waals surface area contributed by atoms with Crippen LogP contribution in [0.25, 0.3) is 0 Å². The van der Waals surface area contributed by atoms with Gasteiger partial charge >= 0.3 is 5.97 Å². The molecular weight excluding hydrogens is 186 g/mol. The summed E-state index contributed by atoms with van der Waals surface area (Å²) in [7, 11) is 0. The van der Waals surface area contributed by atoms with Gasteiger partial charge in [0, 0.05) is 13.0 Å². The van der Waals surface area contributed by atoms with Crippen molar-refractivity contribution in [1.82, 2.24) is 4.90 Å². The molecule has 2 bridgehead atoms. The van der Waals surface area contributed by atoms with Crippen LogP contribution in [0.5, 0.6) is 0 Å². The molecule has 1 amide bonds. The molecule has 0 spiro atoms. The molecule has 78 valence electrons. The SMILES string of the molecule is CC(C)(C(=O)O)N1CC2CC(O2)C1=O. The number of carbonyl (C=O) groups is 2. The summed E-state index contributed by atoms with van der Waals surface area (Å²) in [6, 6.07) is 0.